The quantitative estimate of drug-likeness (QED) is 0.797. The van der Waals surface area contributed by atoms with Crippen LogP contribution in [0.2, 0.25) is 0 Å². The molecule has 0 saturated carbocycles. The van der Waals surface area contributed by atoms with Crippen LogP contribution in [0.5, 0.6) is 0 Å². The van der Waals surface area contributed by atoms with E-state index in [2.05, 4.69) is 41.9 Å². The Morgan fingerprint density at radius 2 is 2.33 bits per heavy atom. The summed E-state index contributed by atoms with van der Waals surface area (Å²) in [5, 5.41) is 4.14. The number of rotatable bonds is 1. The van der Waals surface area contributed by atoms with Crippen molar-refractivity contribution in [2.45, 2.75) is 19.1 Å². The molecule has 1 aliphatic rings. The van der Waals surface area contributed by atoms with Gasteiger partial charge in [-0.15, -0.1) is 5.10 Å². The first-order valence-corrected chi connectivity index (χ1v) is 5.25. The van der Waals surface area contributed by atoms with E-state index >= 15 is 0 Å². The third-order valence-corrected chi connectivity index (χ3v) is 2.62. The van der Waals surface area contributed by atoms with Crippen LogP contribution in [-0.2, 0) is 4.74 Å². The van der Waals surface area contributed by atoms with Crippen LogP contribution in [0.3, 0.4) is 0 Å². The van der Waals surface area contributed by atoms with Crippen molar-refractivity contribution in [1.29, 1.82) is 0 Å². The minimum atomic E-state index is 0.0539. The minimum absolute atomic E-state index is 0.0539. The first-order valence-electron chi connectivity index (χ1n) is 3.66. The fourth-order valence-corrected chi connectivity index (χ4v) is 2.27. The lowest BCUT2D eigenvalue weighted by atomic mass is 10.3. The zero-order valence-electron chi connectivity index (χ0n) is 6.20. The van der Waals surface area contributed by atoms with Gasteiger partial charge in [-0.1, -0.05) is 0 Å². The third-order valence-electron chi connectivity index (χ3n) is 1.74. The van der Waals surface area contributed by atoms with Crippen LogP contribution in [0.1, 0.15) is 19.1 Å². The standard InChI is InChI=1S/C6H7Br2N3O/c7-5-9-6(8)11(10-5)4-2-1-3-12-4/h4H,1-3H2. The molecular weight excluding hydrogens is 290 g/mol. The Hall–Kier alpha value is 0.0600. The van der Waals surface area contributed by atoms with E-state index in [0.717, 1.165) is 19.4 Å². The van der Waals surface area contributed by atoms with Crippen LogP contribution in [0.25, 0.3) is 0 Å². The molecule has 0 aliphatic carbocycles. The van der Waals surface area contributed by atoms with Gasteiger partial charge in [-0.2, -0.15) is 4.98 Å². The Balaban J connectivity index is 2.25. The van der Waals surface area contributed by atoms with Gasteiger partial charge in [0.25, 0.3) is 0 Å². The lowest BCUT2D eigenvalue weighted by Crippen LogP contribution is -2.09. The molecule has 0 amide bonds. The molecule has 1 saturated heterocycles. The van der Waals surface area contributed by atoms with Crippen LogP contribution in [0, 0.1) is 0 Å². The minimum Gasteiger partial charge on any atom is -0.356 e. The summed E-state index contributed by atoms with van der Waals surface area (Å²) in [6, 6.07) is 0. The van der Waals surface area contributed by atoms with Gasteiger partial charge in [0.05, 0.1) is 0 Å². The average Bonchev–Trinajstić information content (AvgIpc) is 2.58. The number of hydrogen-bond acceptors (Lipinski definition) is 3. The first-order chi connectivity index (χ1) is 5.77. The van der Waals surface area contributed by atoms with Crippen LogP contribution in [0.15, 0.2) is 9.47 Å². The second-order valence-electron chi connectivity index (χ2n) is 2.56. The molecule has 1 aromatic rings. The topological polar surface area (TPSA) is 39.9 Å². The van der Waals surface area contributed by atoms with Gasteiger partial charge in [0, 0.05) is 6.61 Å². The summed E-state index contributed by atoms with van der Waals surface area (Å²) >= 11 is 6.51. The van der Waals surface area contributed by atoms with Crippen LogP contribution in [0.4, 0.5) is 0 Å². The van der Waals surface area contributed by atoms with E-state index in [0.29, 0.717) is 9.47 Å². The molecule has 0 bridgehead atoms. The number of halogens is 2. The predicted molar refractivity (Wildman–Crippen MR) is 49.6 cm³/mol. The second-order valence-corrected chi connectivity index (χ2v) is 3.98. The highest BCUT2D eigenvalue weighted by Crippen LogP contribution is 2.25. The smallest absolute Gasteiger partial charge is 0.218 e. The zero-order chi connectivity index (χ0) is 8.55. The van der Waals surface area contributed by atoms with E-state index in [1.165, 1.54) is 0 Å². The molecule has 2 rings (SSSR count). The van der Waals surface area contributed by atoms with Gasteiger partial charge >= 0.3 is 0 Å². The fraction of sp³-hybridized carbons (Fsp3) is 0.667. The van der Waals surface area contributed by atoms with E-state index in [1.54, 1.807) is 4.68 Å². The van der Waals surface area contributed by atoms with Crippen molar-refractivity contribution < 1.29 is 4.74 Å². The van der Waals surface area contributed by atoms with Crippen LogP contribution >= 0.6 is 31.9 Å². The summed E-state index contributed by atoms with van der Waals surface area (Å²) < 4.78 is 8.49. The first kappa shape index (κ1) is 8.65. The maximum atomic E-state index is 5.44. The Kier molecular flexibility index (Phi) is 2.47. The maximum Gasteiger partial charge on any atom is 0.218 e. The van der Waals surface area contributed by atoms with E-state index < -0.39 is 0 Å². The normalized spacial score (nSPS) is 23.3. The molecular formula is C6H7Br2N3O. The Morgan fingerprint density at radius 1 is 1.50 bits per heavy atom. The highest BCUT2D eigenvalue weighted by molar-refractivity contribution is 9.11. The SMILES string of the molecule is Brc1nc(Br)n(C2CCCO2)n1. The molecule has 2 heterocycles. The lowest BCUT2D eigenvalue weighted by molar-refractivity contribution is 0.0443. The van der Waals surface area contributed by atoms with Gasteiger partial charge in [0.2, 0.25) is 4.73 Å². The van der Waals surface area contributed by atoms with Crippen molar-refractivity contribution in [3.05, 3.63) is 9.47 Å². The highest BCUT2D eigenvalue weighted by Gasteiger charge is 2.21. The van der Waals surface area contributed by atoms with Gasteiger partial charge in [-0.3, -0.25) is 0 Å². The van der Waals surface area contributed by atoms with Gasteiger partial charge in [-0.25, -0.2) is 4.68 Å². The molecule has 6 heteroatoms. The predicted octanol–water partition coefficient (Wildman–Crippen LogP) is 2.11. The summed E-state index contributed by atoms with van der Waals surface area (Å²) in [5.41, 5.74) is 0. The Morgan fingerprint density at radius 3 is 2.83 bits per heavy atom. The van der Waals surface area contributed by atoms with Crippen molar-refractivity contribution in [1.82, 2.24) is 14.8 Å². The molecule has 1 aliphatic heterocycles. The van der Waals surface area contributed by atoms with E-state index in [4.69, 9.17) is 4.74 Å². The molecule has 0 aromatic carbocycles. The van der Waals surface area contributed by atoms with E-state index in [9.17, 15) is 0 Å². The van der Waals surface area contributed by atoms with Crippen molar-refractivity contribution in [3.63, 3.8) is 0 Å². The monoisotopic (exact) mass is 295 g/mol. The number of ether oxygens (including phenoxy) is 1. The van der Waals surface area contributed by atoms with Gasteiger partial charge < -0.3 is 4.74 Å². The second kappa shape index (κ2) is 3.43. The summed E-state index contributed by atoms with van der Waals surface area (Å²) in [6.45, 7) is 0.814. The van der Waals surface area contributed by atoms with Crippen LogP contribution < -0.4 is 0 Å². The molecule has 1 atom stereocenters. The third kappa shape index (κ3) is 1.55. The molecule has 4 nitrogen and oxygen atoms in total. The molecule has 1 unspecified atom stereocenters. The van der Waals surface area contributed by atoms with Crippen molar-refractivity contribution in [2.75, 3.05) is 6.61 Å². The lowest BCUT2D eigenvalue weighted by Gasteiger charge is -2.08. The summed E-state index contributed by atoms with van der Waals surface area (Å²) in [6.07, 6.45) is 2.15. The molecule has 0 N–H and O–H groups in total. The number of aromatic nitrogens is 3. The average molecular weight is 297 g/mol. The molecule has 1 aromatic heterocycles. The number of hydrogen-bond donors (Lipinski definition) is 0. The number of nitrogens with zero attached hydrogens (tertiary/aromatic N) is 3. The summed E-state index contributed by atoms with van der Waals surface area (Å²) in [5.74, 6) is 0. The van der Waals surface area contributed by atoms with Crippen molar-refractivity contribution in [3.8, 4) is 0 Å². The Bertz CT molecular complexity index is 282. The molecule has 0 spiro atoms. The van der Waals surface area contributed by atoms with E-state index in [1.807, 2.05) is 0 Å². The molecule has 0 radical (unpaired) electrons. The van der Waals surface area contributed by atoms with Crippen LogP contribution in [-0.4, -0.2) is 21.4 Å². The Labute approximate surface area is 86.6 Å². The van der Waals surface area contributed by atoms with Crippen molar-refractivity contribution in [2.24, 2.45) is 0 Å². The molecule has 66 valence electrons. The largest absolute Gasteiger partial charge is 0.356 e. The van der Waals surface area contributed by atoms with E-state index in [-0.39, 0.29) is 6.23 Å². The van der Waals surface area contributed by atoms with Crippen molar-refractivity contribution >= 4 is 31.9 Å². The van der Waals surface area contributed by atoms with Gasteiger partial charge in [-0.05, 0) is 44.7 Å². The van der Waals surface area contributed by atoms with Gasteiger partial charge in [0.1, 0.15) is 0 Å². The molecule has 1 fully saturated rings. The summed E-state index contributed by atoms with van der Waals surface area (Å²) in [7, 11) is 0. The zero-order valence-corrected chi connectivity index (χ0v) is 9.38. The highest BCUT2D eigenvalue weighted by atomic mass is 79.9. The summed E-state index contributed by atoms with van der Waals surface area (Å²) in [4.78, 5) is 4.06. The van der Waals surface area contributed by atoms with Gasteiger partial charge in [0.15, 0.2) is 11.0 Å². The maximum absolute atomic E-state index is 5.44. The fourth-order valence-electron chi connectivity index (χ4n) is 1.22. The molecule has 12 heavy (non-hydrogen) atoms.